The Morgan fingerprint density at radius 2 is 1.20 bits per heavy atom. The van der Waals surface area contributed by atoms with Crippen LogP contribution in [-0.4, -0.2) is 9.97 Å². The number of hydrogen-bond donors (Lipinski definition) is 0. The highest BCUT2D eigenvalue weighted by molar-refractivity contribution is 6.11. The van der Waals surface area contributed by atoms with E-state index in [1.54, 1.807) is 5.56 Å². The van der Waals surface area contributed by atoms with E-state index in [2.05, 4.69) is 159 Å². The summed E-state index contributed by atoms with van der Waals surface area (Å²) >= 11 is 0. The Balaban J connectivity index is 0.892. The fourth-order valence-corrected chi connectivity index (χ4v) is 12.3. The van der Waals surface area contributed by atoms with Crippen LogP contribution in [0.15, 0.2) is 167 Å². The van der Waals surface area contributed by atoms with Gasteiger partial charge in [0.05, 0.1) is 11.4 Å². The van der Waals surface area contributed by atoms with Crippen molar-refractivity contribution >= 4 is 49.5 Å². The smallest absolute Gasteiger partial charge is 0.156 e. The van der Waals surface area contributed by atoms with E-state index in [-0.39, 0.29) is 10.8 Å². The lowest BCUT2D eigenvalue weighted by molar-refractivity contribution is 0.353. The fourth-order valence-electron chi connectivity index (χ4n) is 12.3. The maximum atomic E-state index is 6.83. The van der Waals surface area contributed by atoms with E-state index < -0.39 is 0 Å². The summed E-state index contributed by atoms with van der Waals surface area (Å²) in [6, 6.07) is 51.5. The maximum absolute atomic E-state index is 6.83. The summed E-state index contributed by atoms with van der Waals surface area (Å²) in [5, 5.41) is 4.40. The Morgan fingerprint density at radius 1 is 0.477 bits per heavy atom. The molecule has 4 heteroatoms. The average Bonchev–Trinajstić information content (AvgIpc) is 4.06. The van der Waals surface area contributed by atoms with Crippen molar-refractivity contribution in [3.05, 3.63) is 186 Å². The molecule has 0 aliphatic heterocycles. The van der Waals surface area contributed by atoms with Crippen molar-refractivity contribution in [2.45, 2.75) is 69.6 Å². The maximum Gasteiger partial charge on any atom is 0.156 e. The number of benzene rings is 7. The minimum Gasteiger partial charge on any atom is -0.456 e. The zero-order valence-corrected chi connectivity index (χ0v) is 36.7. The number of rotatable bonds is 4. The minimum atomic E-state index is -0.0452. The van der Waals surface area contributed by atoms with E-state index in [0.29, 0.717) is 0 Å². The summed E-state index contributed by atoms with van der Waals surface area (Å²) in [5.41, 5.74) is 22.3. The van der Waals surface area contributed by atoms with Gasteiger partial charge in [0.2, 0.25) is 0 Å². The van der Waals surface area contributed by atoms with Crippen molar-refractivity contribution in [1.82, 2.24) is 9.97 Å². The van der Waals surface area contributed by atoms with Gasteiger partial charge in [0.25, 0.3) is 0 Å². The molecule has 10 aromatic rings. The third kappa shape index (κ3) is 5.37. The van der Waals surface area contributed by atoms with Gasteiger partial charge in [-0.15, -0.1) is 0 Å². The monoisotopic (exact) mass is 838 g/mol. The van der Waals surface area contributed by atoms with Crippen LogP contribution in [0, 0.1) is 0 Å². The summed E-state index contributed by atoms with van der Waals surface area (Å²) in [7, 11) is 0. The Hall–Kier alpha value is -7.30. The van der Waals surface area contributed by atoms with Crippen LogP contribution in [0.25, 0.3) is 105 Å². The molecule has 0 radical (unpaired) electrons. The molecule has 0 atom stereocenters. The quantitative estimate of drug-likeness (QED) is 0.177. The van der Waals surface area contributed by atoms with Crippen LogP contribution in [0.5, 0.6) is 0 Å². The molecule has 0 unspecified atom stereocenters. The molecule has 3 heterocycles. The second-order valence-corrected chi connectivity index (χ2v) is 19.4. The lowest BCUT2D eigenvalue weighted by Gasteiger charge is -2.36. The van der Waals surface area contributed by atoms with Gasteiger partial charge >= 0.3 is 0 Å². The molecular weight excluding hydrogens is 793 g/mol. The minimum absolute atomic E-state index is 0.0452. The molecule has 7 aromatic carbocycles. The first-order chi connectivity index (χ1) is 31.9. The number of allylic oxidation sites excluding steroid dienone is 4. The molecule has 1 saturated carbocycles. The fraction of sp³-hybridized carbons (Fsp3) is 0.180. The number of para-hydroxylation sites is 2. The van der Waals surface area contributed by atoms with Gasteiger partial charge in [-0.05, 0) is 148 Å². The van der Waals surface area contributed by atoms with E-state index in [9.17, 15) is 0 Å². The summed E-state index contributed by atoms with van der Waals surface area (Å²) in [5.74, 6) is 0.744. The number of aromatic nitrogens is 2. The van der Waals surface area contributed by atoms with Crippen LogP contribution in [0.2, 0.25) is 0 Å². The Bertz CT molecular complexity index is 3740. The van der Waals surface area contributed by atoms with Crippen LogP contribution in [0.1, 0.15) is 86.9 Å². The van der Waals surface area contributed by atoms with Gasteiger partial charge in [-0.25, -0.2) is 9.97 Å². The van der Waals surface area contributed by atoms with Gasteiger partial charge in [-0.1, -0.05) is 130 Å². The summed E-state index contributed by atoms with van der Waals surface area (Å²) in [4.78, 5) is 10.5. The molecule has 65 heavy (non-hydrogen) atoms. The van der Waals surface area contributed by atoms with Crippen LogP contribution in [-0.2, 0) is 10.8 Å². The van der Waals surface area contributed by atoms with E-state index in [0.717, 1.165) is 90.6 Å². The summed E-state index contributed by atoms with van der Waals surface area (Å²) < 4.78 is 13.2. The number of nitrogens with zero attached hydrogens (tertiary/aromatic N) is 2. The van der Waals surface area contributed by atoms with Crippen molar-refractivity contribution in [2.75, 3.05) is 0 Å². The topological polar surface area (TPSA) is 52.1 Å². The van der Waals surface area contributed by atoms with Gasteiger partial charge in [-0.2, -0.15) is 0 Å². The van der Waals surface area contributed by atoms with Gasteiger partial charge in [0, 0.05) is 43.5 Å². The van der Waals surface area contributed by atoms with Crippen molar-refractivity contribution < 1.29 is 8.83 Å². The van der Waals surface area contributed by atoms with Crippen molar-refractivity contribution in [3.8, 4) is 55.9 Å². The molecule has 312 valence electrons. The first kappa shape index (κ1) is 37.1. The van der Waals surface area contributed by atoms with Gasteiger partial charge in [0.1, 0.15) is 22.3 Å². The molecule has 0 N–H and O–H groups in total. The van der Waals surface area contributed by atoms with Crippen LogP contribution < -0.4 is 0 Å². The molecular formula is C61H46N2O2. The van der Waals surface area contributed by atoms with E-state index in [1.807, 2.05) is 12.1 Å². The third-order valence-corrected chi connectivity index (χ3v) is 15.6. The standard InChI is InChI=1S/C61H46N2O2/c1-60(2)49-20-9-7-16-40(49)46-34-52-47(33-51(46)60)45-30-37(23-26-50(45)61(52)28-11-4-12-29-61)38-24-27-56-48(31-38)43-18-13-19-44(58(43)65-56)54-35-53(62-59(63-54)36-14-5-3-6-15-36)39-22-25-42-41-17-8-10-21-55(41)64-57(42)32-39/h3,5,7-10,13-14,16-27,30-35H,4,6,11-12,15,28-29H2,1-2H3. The van der Waals surface area contributed by atoms with E-state index >= 15 is 0 Å². The molecule has 4 aliphatic carbocycles. The van der Waals surface area contributed by atoms with Crippen LogP contribution in [0.3, 0.4) is 0 Å². The van der Waals surface area contributed by atoms with Crippen molar-refractivity contribution in [2.24, 2.45) is 0 Å². The van der Waals surface area contributed by atoms with Crippen LogP contribution in [0.4, 0.5) is 0 Å². The molecule has 1 spiro atoms. The SMILES string of the molecule is CC1(C)c2ccccc2-c2cc3c(cc21)-c1cc(-c2ccc4oc5c(-c6cc(-c7ccc8c(c7)oc7ccccc78)nc(C7=CC=CCC7)n6)cccc5c4c2)ccc1C31CCCCC1. The zero-order valence-electron chi connectivity index (χ0n) is 36.7. The normalized spacial score (nSPS) is 16.6. The summed E-state index contributed by atoms with van der Waals surface area (Å²) in [6.07, 6.45) is 14.6. The molecule has 0 saturated heterocycles. The highest BCUT2D eigenvalue weighted by Gasteiger charge is 2.46. The largest absolute Gasteiger partial charge is 0.456 e. The van der Waals surface area contributed by atoms with Crippen molar-refractivity contribution in [3.63, 3.8) is 0 Å². The lowest BCUT2D eigenvalue weighted by Crippen LogP contribution is -2.28. The van der Waals surface area contributed by atoms with Crippen molar-refractivity contribution in [1.29, 1.82) is 0 Å². The second kappa shape index (κ2) is 13.6. The van der Waals surface area contributed by atoms with E-state index in [4.69, 9.17) is 18.8 Å². The molecule has 1 fully saturated rings. The van der Waals surface area contributed by atoms with Gasteiger partial charge in [0.15, 0.2) is 5.82 Å². The van der Waals surface area contributed by atoms with E-state index in [1.165, 1.54) is 82.2 Å². The Kier molecular flexibility index (Phi) is 7.77. The first-order valence-corrected chi connectivity index (χ1v) is 23.5. The highest BCUT2D eigenvalue weighted by atomic mass is 16.3. The average molecular weight is 839 g/mol. The molecule has 0 amide bonds. The molecule has 3 aromatic heterocycles. The molecule has 4 aliphatic rings. The van der Waals surface area contributed by atoms with Crippen LogP contribution >= 0.6 is 0 Å². The highest BCUT2D eigenvalue weighted by Crippen LogP contribution is 2.60. The predicted molar refractivity (Wildman–Crippen MR) is 266 cm³/mol. The number of fused-ring (bicyclic) bond motifs is 14. The molecule has 14 rings (SSSR count). The summed E-state index contributed by atoms with van der Waals surface area (Å²) in [6.45, 7) is 4.81. The number of hydrogen-bond acceptors (Lipinski definition) is 4. The first-order valence-electron chi connectivity index (χ1n) is 23.5. The second-order valence-electron chi connectivity index (χ2n) is 19.4. The predicted octanol–water partition coefficient (Wildman–Crippen LogP) is 16.5. The Morgan fingerprint density at radius 3 is 2.11 bits per heavy atom. The zero-order chi connectivity index (χ0) is 43.0. The Labute approximate surface area is 378 Å². The lowest BCUT2D eigenvalue weighted by atomic mass is 9.67. The van der Waals surface area contributed by atoms with Gasteiger partial charge in [-0.3, -0.25) is 0 Å². The molecule has 0 bridgehead atoms. The van der Waals surface area contributed by atoms with Gasteiger partial charge < -0.3 is 8.83 Å². The number of furan rings is 2. The molecule has 4 nitrogen and oxygen atoms in total. The third-order valence-electron chi connectivity index (χ3n) is 15.6.